The summed E-state index contributed by atoms with van der Waals surface area (Å²) >= 11 is 0. The van der Waals surface area contributed by atoms with Crippen molar-refractivity contribution in [2.45, 2.75) is 18.9 Å². The Morgan fingerprint density at radius 3 is 2.71 bits per heavy atom. The van der Waals surface area contributed by atoms with Crippen LogP contribution in [0, 0.1) is 0 Å². The normalized spacial score (nSPS) is 12.6. The van der Waals surface area contributed by atoms with E-state index in [2.05, 4.69) is 22.3 Å². The Balaban J connectivity index is 1.94. The van der Waals surface area contributed by atoms with E-state index in [1.54, 1.807) is 0 Å². The van der Waals surface area contributed by atoms with Crippen LogP contribution in [0.25, 0.3) is 0 Å². The molecule has 3 N–H and O–H groups in total. The largest absolute Gasteiger partial charge is 0.394 e. The van der Waals surface area contributed by atoms with Gasteiger partial charge in [-0.15, -0.1) is 0 Å². The van der Waals surface area contributed by atoms with E-state index in [0.29, 0.717) is 12.2 Å². The van der Waals surface area contributed by atoms with Gasteiger partial charge in [-0.25, -0.2) is 0 Å². The molecule has 90 valence electrons. The van der Waals surface area contributed by atoms with Crippen molar-refractivity contribution in [2.75, 3.05) is 6.61 Å². The number of nitrogens with zero attached hydrogens (tertiary/aromatic N) is 2. The molecular formula is C12H15N3O2. The minimum absolute atomic E-state index is 0.194. The summed E-state index contributed by atoms with van der Waals surface area (Å²) in [6, 6.07) is 9.50. The van der Waals surface area contributed by atoms with E-state index in [-0.39, 0.29) is 12.5 Å². The molecule has 5 heteroatoms. The molecule has 2 aromatic rings. The van der Waals surface area contributed by atoms with Crippen molar-refractivity contribution in [1.82, 2.24) is 10.1 Å². The molecular weight excluding hydrogens is 218 g/mol. The van der Waals surface area contributed by atoms with Gasteiger partial charge < -0.3 is 15.4 Å². The third-order valence-electron chi connectivity index (χ3n) is 2.48. The molecule has 1 unspecified atom stereocenters. The fourth-order valence-electron chi connectivity index (χ4n) is 1.50. The minimum Gasteiger partial charge on any atom is -0.394 e. The Bertz CT molecular complexity index is 456. The number of aryl methyl sites for hydroxylation is 2. The summed E-state index contributed by atoms with van der Waals surface area (Å²) in [7, 11) is 0. The highest BCUT2D eigenvalue weighted by Gasteiger charge is 2.13. The van der Waals surface area contributed by atoms with Gasteiger partial charge in [0.2, 0.25) is 5.89 Å². The average molecular weight is 233 g/mol. The van der Waals surface area contributed by atoms with E-state index in [1.165, 1.54) is 5.56 Å². The summed E-state index contributed by atoms with van der Waals surface area (Å²) in [6.45, 7) is -0.194. The summed E-state index contributed by atoms with van der Waals surface area (Å²) in [5, 5.41) is 12.7. The predicted molar refractivity (Wildman–Crippen MR) is 62.2 cm³/mol. The van der Waals surface area contributed by atoms with Gasteiger partial charge in [0.25, 0.3) is 0 Å². The van der Waals surface area contributed by atoms with Crippen molar-refractivity contribution in [3.63, 3.8) is 0 Å². The van der Waals surface area contributed by atoms with Gasteiger partial charge in [-0.05, 0) is 12.0 Å². The van der Waals surface area contributed by atoms with Crippen molar-refractivity contribution < 1.29 is 9.63 Å². The first-order valence-corrected chi connectivity index (χ1v) is 5.52. The van der Waals surface area contributed by atoms with E-state index in [9.17, 15) is 0 Å². The Morgan fingerprint density at radius 2 is 2.00 bits per heavy atom. The molecule has 0 radical (unpaired) electrons. The van der Waals surface area contributed by atoms with Crippen LogP contribution in [0.4, 0.5) is 0 Å². The molecule has 0 amide bonds. The molecule has 17 heavy (non-hydrogen) atoms. The fraction of sp³-hybridized carbons (Fsp3) is 0.333. The Hall–Kier alpha value is -1.72. The first kappa shape index (κ1) is 11.8. The highest BCUT2D eigenvalue weighted by Crippen LogP contribution is 2.09. The molecule has 0 aliphatic rings. The van der Waals surface area contributed by atoms with E-state index >= 15 is 0 Å². The topological polar surface area (TPSA) is 85.2 Å². The highest BCUT2D eigenvalue weighted by molar-refractivity contribution is 5.15. The number of aromatic nitrogens is 2. The first-order valence-electron chi connectivity index (χ1n) is 5.52. The molecule has 1 aromatic carbocycles. The highest BCUT2D eigenvalue weighted by atomic mass is 16.5. The predicted octanol–water partition coefficient (Wildman–Crippen LogP) is 0.847. The van der Waals surface area contributed by atoms with Gasteiger partial charge in [0.1, 0.15) is 6.04 Å². The maximum absolute atomic E-state index is 8.85. The number of hydrogen-bond donors (Lipinski definition) is 2. The molecule has 5 nitrogen and oxygen atoms in total. The molecule has 0 saturated carbocycles. The number of rotatable bonds is 5. The summed E-state index contributed by atoms with van der Waals surface area (Å²) in [6.07, 6.45) is 1.56. The van der Waals surface area contributed by atoms with Crippen LogP contribution in [0.1, 0.15) is 23.3 Å². The standard InChI is InChI=1S/C12H15N3O2/c13-10(8-16)12-14-11(15-17-12)7-6-9-4-2-1-3-5-9/h1-5,10,16H,6-8,13H2. The minimum atomic E-state index is -0.590. The maximum atomic E-state index is 8.85. The monoisotopic (exact) mass is 233 g/mol. The number of benzene rings is 1. The zero-order valence-corrected chi connectivity index (χ0v) is 9.41. The van der Waals surface area contributed by atoms with Crippen LogP contribution in [0.2, 0.25) is 0 Å². The lowest BCUT2D eigenvalue weighted by molar-refractivity contribution is 0.236. The Labute approximate surface area is 99.3 Å². The summed E-state index contributed by atoms with van der Waals surface area (Å²) < 4.78 is 4.96. The quantitative estimate of drug-likeness (QED) is 0.799. The van der Waals surface area contributed by atoms with Crippen molar-refractivity contribution in [2.24, 2.45) is 5.73 Å². The van der Waals surface area contributed by atoms with Gasteiger partial charge in [-0.2, -0.15) is 4.98 Å². The summed E-state index contributed by atoms with van der Waals surface area (Å²) in [5.41, 5.74) is 6.80. The second kappa shape index (κ2) is 5.56. The molecule has 1 aromatic heterocycles. The molecule has 0 spiro atoms. The molecule has 2 rings (SSSR count). The van der Waals surface area contributed by atoms with Gasteiger partial charge >= 0.3 is 0 Å². The second-order valence-corrected chi connectivity index (χ2v) is 3.82. The fourth-order valence-corrected chi connectivity index (χ4v) is 1.50. The lowest BCUT2D eigenvalue weighted by Crippen LogP contribution is -2.14. The summed E-state index contributed by atoms with van der Waals surface area (Å²) in [4.78, 5) is 4.13. The van der Waals surface area contributed by atoms with Crippen LogP contribution < -0.4 is 5.73 Å². The van der Waals surface area contributed by atoms with Crippen LogP contribution in [0.5, 0.6) is 0 Å². The van der Waals surface area contributed by atoms with E-state index in [4.69, 9.17) is 15.4 Å². The molecule has 0 fully saturated rings. The third kappa shape index (κ3) is 3.12. The van der Waals surface area contributed by atoms with Gasteiger partial charge in [-0.1, -0.05) is 35.5 Å². The lowest BCUT2D eigenvalue weighted by atomic mass is 10.1. The van der Waals surface area contributed by atoms with Crippen molar-refractivity contribution >= 4 is 0 Å². The zero-order valence-electron chi connectivity index (χ0n) is 9.41. The van der Waals surface area contributed by atoms with Gasteiger partial charge in [0.15, 0.2) is 5.82 Å². The molecule has 0 bridgehead atoms. The van der Waals surface area contributed by atoms with Crippen LogP contribution in [0.3, 0.4) is 0 Å². The van der Waals surface area contributed by atoms with Crippen molar-refractivity contribution in [3.05, 3.63) is 47.6 Å². The number of hydrogen-bond acceptors (Lipinski definition) is 5. The van der Waals surface area contributed by atoms with Crippen LogP contribution in [0.15, 0.2) is 34.9 Å². The zero-order chi connectivity index (χ0) is 12.1. The number of nitrogens with two attached hydrogens (primary N) is 1. The molecule has 0 aliphatic heterocycles. The SMILES string of the molecule is NC(CO)c1nc(CCc2ccccc2)no1. The van der Waals surface area contributed by atoms with E-state index < -0.39 is 6.04 Å². The van der Waals surface area contributed by atoms with Gasteiger partial charge in [-0.3, -0.25) is 0 Å². The van der Waals surface area contributed by atoms with Crippen LogP contribution >= 0.6 is 0 Å². The van der Waals surface area contributed by atoms with Gasteiger partial charge in [0, 0.05) is 6.42 Å². The molecule has 0 aliphatic carbocycles. The lowest BCUT2D eigenvalue weighted by Gasteiger charge is -1.98. The maximum Gasteiger partial charge on any atom is 0.245 e. The van der Waals surface area contributed by atoms with Crippen LogP contribution in [-0.2, 0) is 12.8 Å². The Morgan fingerprint density at radius 1 is 1.24 bits per heavy atom. The second-order valence-electron chi connectivity index (χ2n) is 3.82. The van der Waals surface area contributed by atoms with Crippen molar-refractivity contribution in [3.8, 4) is 0 Å². The summed E-state index contributed by atoms with van der Waals surface area (Å²) in [5.74, 6) is 0.906. The average Bonchev–Trinajstić information content (AvgIpc) is 2.85. The Kier molecular flexibility index (Phi) is 3.85. The third-order valence-corrected chi connectivity index (χ3v) is 2.48. The number of aliphatic hydroxyl groups excluding tert-OH is 1. The smallest absolute Gasteiger partial charge is 0.245 e. The van der Waals surface area contributed by atoms with Gasteiger partial charge in [0.05, 0.1) is 6.61 Å². The molecule has 1 atom stereocenters. The van der Waals surface area contributed by atoms with E-state index in [1.807, 2.05) is 18.2 Å². The number of aliphatic hydroxyl groups is 1. The molecule has 0 saturated heterocycles. The van der Waals surface area contributed by atoms with Crippen LogP contribution in [-0.4, -0.2) is 21.9 Å². The first-order chi connectivity index (χ1) is 8.29. The van der Waals surface area contributed by atoms with Crippen molar-refractivity contribution in [1.29, 1.82) is 0 Å². The molecule has 1 heterocycles. The van der Waals surface area contributed by atoms with E-state index in [0.717, 1.165) is 6.42 Å².